The van der Waals surface area contributed by atoms with Crippen molar-refractivity contribution in [1.29, 1.82) is 5.26 Å². The van der Waals surface area contributed by atoms with Gasteiger partial charge in [0.05, 0.1) is 17.2 Å². The van der Waals surface area contributed by atoms with Crippen LogP contribution < -0.4 is 5.32 Å². The Kier molecular flexibility index (Phi) is 5.56. The lowest BCUT2D eigenvalue weighted by Gasteiger charge is -2.35. The first-order valence-electron chi connectivity index (χ1n) is 8.98. The van der Waals surface area contributed by atoms with Crippen LogP contribution in [0.15, 0.2) is 12.3 Å². The molecule has 2 aliphatic heterocycles. The molecule has 1 atom stereocenters. The number of carbonyl (C=O) groups is 2. The first-order valence-corrected chi connectivity index (χ1v) is 8.98. The van der Waals surface area contributed by atoms with Crippen LogP contribution in [0, 0.1) is 11.3 Å². The Morgan fingerprint density at radius 1 is 1.29 bits per heavy atom. The van der Waals surface area contributed by atoms with Gasteiger partial charge in [0.1, 0.15) is 6.07 Å². The van der Waals surface area contributed by atoms with Crippen molar-refractivity contribution in [1.82, 2.24) is 20.1 Å². The van der Waals surface area contributed by atoms with E-state index in [0.29, 0.717) is 25.9 Å². The largest absolute Gasteiger partial charge is 0.434 e. The molecule has 10 heteroatoms. The van der Waals surface area contributed by atoms with Gasteiger partial charge in [-0.15, -0.1) is 0 Å². The van der Waals surface area contributed by atoms with E-state index >= 15 is 0 Å². The summed E-state index contributed by atoms with van der Waals surface area (Å²) in [5.41, 5.74) is -2.07. The number of alkyl halides is 3. The molecule has 0 aliphatic carbocycles. The average molecular weight is 395 g/mol. The van der Waals surface area contributed by atoms with E-state index in [9.17, 15) is 22.8 Å². The Morgan fingerprint density at radius 2 is 1.96 bits per heavy atom. The molecule has 1 N–H and O–H groups in total. The van der Waals surface area contributed by atoms with Crippen molar-refractivity contribution in [3.8, 4) is 6.07 Å². The minimum Gasteiger partial charge on any atom is -0.349 e. The van der Waals surface area contributed by atoms with Crippen LogP contribution in [0.1, 0.15) is 40.9 Å². The molecule has 1 aromatic heterocycles. The van der Waals surface area contributed by atoms with Crippen LogP contribution in [0.25, 0.3) is 0 Å². The number of likely N-dealkylation sites (tertiary alicyclic amines) is 2. The predicted octanol–water partition coefficient (Wildman–Crippen LogP) is 1.40. The van der Waals surface area contributed by atoms with Gasteiger partial charge in [-0.3, -0.25) is 14.5 Å². The molecule has 2 amide bonds. The first-order chi connectivity index (χ1) is 13.2. The number of hydrogen-bond acceptors (Lipinski definition) is 5. The third kappa shape index (κ3) is 4.09. The van der Waals surface area contributed by atoms with Crippen LogP contribution in [0.4, 0.5) is 13.2 Å². The summed E-state index contributed by atoms with van der Waals surface area (Å²) >= 11 is 0. The quantitative estimate of drug-likeness (QED) is 0.836. The van der Waals surface area contributed by atoms with Crippen LogP contribution in [0.3, 0.4) is 0 Å². The van der Waals surface area contributed by atoms with Gasteiger partial charge in [-0.25, -0.2) is 4.98 Å². The zero-order valence-electron chi connectivity index (χ0n) is 15.3. The Morgan fingerprint density at radius 3 is 2.50 bits per heavy atom. The fourth-order valence-corrected chi connectivity index (χ4v) is 3.67. The zero-order chi connectivity index (χ0) is 20.5. The van der Waals surface area contributed by atoms with Gasteiger partial charge in [-0.2, -0.15) is 18.4 Å². The summed E-state index contributed by atoms with van der Waals surface area (Å²) in [6.07, 6.45) is -1.85. The third-order valence-corrected chi connectivity index (χ3v) is 5.24. The fraction of sp³-hybridized carbons (Fsp3) is 0.556. The minimum atomic E-state index is -4.75. The van der Waals surface area contributed by atoms with Crippen molar-refractivity contribution in [3.63, 3.8) is 0 Å². The molecule has 0 saturated carbocycles. The fourth-order valence-electron chi connectivity index (χ4n) is 3.67. The molecule has 3 heterocycles. The van der Waals surface area contributed by atoms with Gasteiger partial charge in [0.2, 0.25) is 5.91 Å². The third-order valence-electron chi connectivity index (χ3n) is 5.24. The summed E-state index contributed by atoms with van der Waals surface area (Å²) in [4.78, 5) is 31.5. The van der Waals surface area contributed by atoms with E-state index in [1.165, 1.54) is 6.07 Å². The summed E-state index contributed by atoms with van der Waals surface area (Å²) in [7, 11) is 1.78. The Hall–Kier alpha value is -2.67. The molecule has 2 saturated heterocycles. The van der Waals surface area contributed by atoms with Gasteiger partial charge in [0.15, 0.2) is 5.69 Å². The second kappa shape index (κ2) is 7.75. The van der Waals surface area contributed by atoms with Crippen molar-refractivity contribution in [3.05, 3.63) is 29.1 Å². The summed E-state index contributed by atoms with van der Waals surface area (Å²) < 4.78 is 38.4. The van der Waals surface area contributed by atoms with Crippen molar-refractivity contribution in [2.45, 2.75) is 37.5 Å². The van der Waals surface area contributed by atoms with Crippen LogP contribution in [-0.2, 0) is 11.0 Å². The highest BCUT2D eigenvalue weighted by atomic mass is 19.4. The molecular weight excluding hydrogens is 375 g/mol. The summed E-state index contributed by atoms with van der Waals surface area (Å²) in [5.74, 6) is -0.449. The molecule has 2 aliphatic rings. The Balaban J connectivity index is 1.59. The van der Waals surface area contributed by atoms with Gasteiger partial charge in [0, 0.05) is 38.9 Å². The molecule has 1 unspecified atom stereocenters. The van der Waals surface area contributed by atoms with E-state index < -0.39 is 23.3 Å². The molecule has 150 valence electrons. The topological polar surface area (TPSA) is 89.3 Å². The molecule has 2 fully saturated rings. The van der Waals surface area contributed by atoms with E-state index in [1.807, 2.05) is 0 Å². The van der Waals surface area contributed by atoms with Gasteiger partial charge in [-0.1, -0.05) is 0 Å². The van der Waals surface area contributed by atoms with Crippen molar-refractivity contribution < 1.29 is 22.8 Å². The van der Waals surface area contributed by atoms with Crippen LogP contribution >= 0.6 is 0 Å². The Bertz CT molecular complexity index is 812. The van der Waals surface area contributed by atoms with Gasteiger partial charge < -0.3 is 10.2 Å². The average Bonchev–Trinajstić information content (AvgIpc) is 3.00. The molecule has 0 bridgehead atoms. The maximum Gasteiger partial charge on any atom is 0.434 e. The van der Waals surface area contributed by atoms with Crippen molar-refractivity contribution in [2.24, 2.45) is 0 Å². The molecule has 0 spiro atoms. The normalized spacial score (nSPS) is 21.6. The number of carbonyl (C=O) groups excluding carboxylic acids is 2. The second-order valence-corrected chi connectivity index (χ2v) is 7.08. The first kappa shape index (κ1) is 20.1. The lowest BCUT2D eigenvalue weighted by atomic mass is 10.0. The lowest BCUT2D eigenvalue weighted by Crippen LogP contribution is -2.50. The summed E-state index contributed by atoms with van der Waals surface area (Å²) in [6.45, 7) is 2.05. The predicted molar refractivity (Wildman–Crippen MR) is 92.1 cm³/mol. The van der Waals surface area contributed by atoms with Crippen molar-refractivity contribution in [2.75, 3.05) is 26.7 Å². The van der Waals surface area contributed by atoms with Crippen LogP contribution in [0.2, 0.25) is 0 Å². The highest BCUT2D eigenvalue weighted by Gasteiger charge is 2.37. The number of amides is 2. The van der Waals surface area contributed by atoms with Crippen LogP contribution in [-0.4, -0.2) is 65.4 Å². The minimum absolute atomic E-state index is 0.0837. The molecule has 0 radical (unpaired) electrons. The summed E-state index contributed by atoms with van der Waals surface area (Å²) in [6, 6.07) is 2.09. The van der Waals surface area contributed by atoms with E-state index in [4.69, 9.17) is 5.26 Å². The molecule has 0 aromatic carbocycles. The number of hydrogen-bond donors (Lipinski definition) is 1. The van der Waals surface area contributed by atoms with Crippen LogP contribution in [0.5, 0.6) is 0 Å². The molecule has 3 rings (SSSR count). The van der Waals surface area contributed by atoms with E-state index in [-0.39, 0.29) is 23.6 Å². The smallest absolute Gasteiger partial charge is 0.349 e. The molecule has 28 heavy (non-hydrogen) atoms. The maximum absolute atomic E-state index is 12.8. The maximum atomic E-state index is 12.8. The van der Waals surface area contributed by atoms with Gasteiger partial charge >= 0.3 is 6.18 Å². The van der Waals surface area contributed by atoms with E-state index in [0.717, 1.165) is 25.2 Å². The number of halogens is 3. The number of nitriles is 1. The molecule has 1 aromatic rings. The number of likely N-dealkylation sites (N-methyl/N-ethyl adjacent to an activating group) is 1. The van der Waals surface area contributed by atoms with Crippen molar-refractivity contribution >= 4 is 11.8 Å². The number of nitrogens with zero attached hydrogens (tertiary/aromatic N) is 4. The Labute approximate surface area is 160 Å². The highest BCUT2D eigenvalue weighted by molar-refractivity contribution is 5.94. The second-order valence-electron chi connectivity index (χ2n) is 7.08. The number of nitrogens with one attached hydrogen (secondary N) is 1. The number of piperidine rings is 1. The number of aromatic nitrogens is 1. The highest BCUT2D eigenvalue weighted by Crippen LogP contribution is 2.30. The van der Waals surface area contributed by atoms with E-state index in [2.05, 4.69) is 15.2 Å². The van der Waals surface area contributed by atoms with Gasteiger partial charge in [0.25, 0.3) is 5.91 Å². The number of pyridine rings is 1. The zero-order valence-corrected chi connectivity index (χ0v) is 15.3. The molecule has 7 nitrogen and oxygen atoms in total. The standard InChI is InChI=1S/C18H20F3N5O2/c1-25-5-4-14(17(25)28)26-6-2-13(3-7-26)24-16(27)12-8-11(9-22)15(23-10-12)18(19,20)21/h8,10,13-14H,2-7H2,1H3,(H,24,27). The number of rotatable bonds is 3. The van der Waals surface area contributed by atoms with Gasteiger partial charge in [-0.05, 0) is 25.3 Å². The lowest BCUT2D eigenvalue weighted by molar-refractivity contribution is -0.141. The monoisotopic (exact) mass is 395 g/mol. The summed E-state index contributed by atoms with van der Waals surface area (Å²) in [5, 5.41) is 11.7. The molecular formula is C18H20F3N5O2. The van der Waals surface area contributed by atoms with E-state index in [1.54, 1.807) is 11.9 Å². The SMILES string of the molecule is CN1CCC(N2CCC(NC(=O)c3cnc(C(F)(F)F)c(C#N)c3)CC2)C1=O.